The molecular weight excluding hydrogens is 400 g/mol. The van der Waals surface area contributed by atoms with E-state index in [1.54, 1.807) is 38.1 Å². The maximum atomic E-state index is 12.4. The largest absolute Gasteiger partial charge is 0.493 e. The van der Waals surface area contributed by atoms with E-state index in [2.05, 4.69) is 10.3 Å². The number of hydrogen-bond donors (Lipinski definition) is 1. The number of thiazole rings is 1. The van der Waals surface area contributed by atoms with Crippen LogP contribution in [0.2, 0.25) is 0 Å². The molecule has 0 bridgehead atoms. The lowest BCUT2D eigenvalue weighted by Crippen LogP contribution is -2.15. The first-order valence-corrected chi connectivity index (χ1v) is 10.6. The van der Waals surface area contributed by atoms with Gasteiger partial charge in [0.15, 0.2) is 0 Å². The van der Waals surface area contributed by atoms with Gasteiger partial charge in [0.1, 0.15) is 10.8 Å². The third kappa shape index (κ3) is 5.67. The fourth-order valence-electron chi connectivity index (χ4n) is 2.78. The summed E-state index contributed by atoms with van der Waals surface area (Å²) in [5, 5.41) is 5.52. The molecule has 2 aromatic carbocycles. The van der Waals surface area contributed by atoms with Crippen LogP contribution in [0.1, 0.15) is 36.8 Å². The van der Waals surface area contributed by atoms with Gasteiger partial charge in [0.05, 0.1) is 36.0 Å². The highest BCUT2D eigenvalue weighted by molar-refractivity contribution is 7.13. The molecule has 0 fully saturated rings. The number of carbonyl (C=O) groups excluding carboxylic acids is 2. The standard InChI is InChI=1S/C23H24N2O4S/c1-4-28-20-8-6-5-7-19(20)22-25-18(14-30-22)13-21(26)24-17-11-9-16(10-12-17)23(27)29-15(2)3/h5-12,14-15H,4,13H2,1-3H3,(H,24,26). The van der Waals surface area contributed by atoms with Gasteiger partial charge in [-0.15, -0.1) is 11.3 Å². The molecule has 1 aromatic heterocycles. The van der Waals surface area contributed by atoms with E-state index >= 15 is 0 Å². The molecule has 1 amide bonds. The predicted octanol–water partition coefficient (Wildman–Crippen LogP) is 4.96. The number of para-hydroxylation sites is 1. The number of hydrogen-bond acceptors (Lipinski definition) is 6. The van der Waals surface area contributed by atoms with Crippen molar-refractivity contribution in [3.8, 4) is 16.3 Å². The van der Waals surface area contributed by atoms with Gasteiger partial charge in [-0.25, -0.2) is 9.78 Å². The predicted molar refractivity (Wildman–Crippen MR) is 118 cm³/mol. The molecule has 0 radical (unpaired) electrons. The first-order valence-electron chi connectivity index (χ1n) is 9.73. The van der Waals surface area contributed by atoms with Crippen molar-refractivity contribution in [3.05, 3.63) is 65.2 Å². The van der Waals surface area contributed by atoms with Crippen LogP contribution in [0.25, 0.3) is 10.6 Å². The molecule has 3 aromatic rings. The molecule has 30 heavy (non-hydrogen) atoms. The molecular formula is C23H24N2O4S. The number of benzene rings is 2. The van der Waals surface area contributed by atoms with Crippen LogP contribution >= 0.6 is 11.3 Å². The van der Waals surface area contributed by atoms with Crippen LogP contribution in [0.4, 0.5) is 5.69 Å². The Labute approximate surface area is 179 Å². The zero-order valence-corrected chi connectivity index (χ0v) is 18.0. The average molecular weight is 425 g/mol. The Bertz CT molecular complexity index is 1010. The Morgan fingerprint density at radius 3 is 2.53 bits per heavy atom. The lowest BCUT2D eigenvalue weighted by molar-refractivity contribution is -0.115. The van der Waals surface area contributed by atoms with Crippen molar-refractivity contribution < 1.29 is 19.1 Å². The van der Waals surface area contributed by atoms with Crippen molar-refractivity contribution in [2.45, 2.75) is 33.3 Å². The van der Waals surface area contributed by atoms with Crippen LogP contribution in [-0.2, 0) is 16.0 Å². The summed E-state index contributed by atoms with van der Waals surface area (Å²) in [5.74, 6) is 0.217. The van der Waals surface area contributed by atoms with Crippen molar-refractivity contribution in [2.75, 3.05) is 11.9 Å². The summed E-state index contributed by atoms with van der Waals surface area (Å²) >= 11 is 1.48. The Balaban J connectivity index is 1.62. The second-order valence-corrected chi connectivity index (χ2v) is 7.69. The Kier molecular flexibility index (Phi) is 7.19. The molecule has 0 aliphatic heterocycles. The van der Waals surface area contributed by atoms with E-state index in [1.165, 1.54) is 11.3 Å². The third-order valence-corrected chi connectivity index (χ3v) is 4.98. The summed E-state index contributed by atoms with van der Waals surface area (Å²) in [6, 6.07) is 14.3. The molecule has 0 saturated heterocycles. The minimum absolute atomic E-state index is 0.157. The Morgan fingerprint density at radius 2 is 1.83 bits per heavy atom. The molecule has 0 spiro atoms. The van der Waals surface area contributed by atoms with Crippen LogP contribution in [0.15, 0.2) is 53.9 Å². The quantitative estimate of drug-likeness (QED) is 0.518. The van der Waals surface area contributed by atoms with Crippen LogP contribution < -0.4 is 10.1 Å². The molecule has 0 aliphatic rings. The number of anilines is 1. The van der Waals surface area contributed by atoms with E-state index in [4.69, 9.17) is 9.47 Å². The van der Waals surface area contributed by atoms with Crippen LogP contribution in [0.3, 0.4) is 0 Å². The number of ether oxygens (including phenoxy) is 2. The van der Waals surface area contributed by atoms with Gasteiger partial charge in [0.2, 0.25) is 5.91 Å². The topological polar surface area (TPSA) is 77.5 Å². The van der Waals surface area contributed by atoms with Crippen LogP contribution in [0, 0.1) is 0 Å². The monoisotopic (exact) mass is 424 g/mol. The van der Waals surface area contributed by atoms with Crippen molar-refractivity contribution in [2.24, 2.45) is 0 Å². The first-order chi connectivity index (χ1) is 14.5. The smallest absolute Gasteiger partial charge is 0.338 e. The Morgan fingerprint density at radius 1 is 1.10 bits per heavy atom. The minimum atomic E-state index is -0.384. The summed E-state index contributed by atoms with van der Waals surface area (Å²) < 4.78 is 10.8. The van der Waals surface area contributed by atoms with E-state index < -0.39 is 0 Å². The molecule has 1 heterocycles. The maximum absolute atomic E-state index is 12.4. The summed E-state index contributed by atoms with van der Waals surface area (Å²) in [6.07, 6.45) is -0.0230. The van der Waals surface area contributed by atoms with Crippen molar-refractivity contribution >= 4 is 28.9 Å². The highest BCUT2D eigenvalue weighted by Crippen LogP contribution is 2.32. The molecule has 6 nitrogen and oxygen atoms in total. The van der Waals surface area contributed by atoms with Crippen LogP contribution in [-0.4, -0.2) is 29.6 Å². The van der Waals surface area contributed by atoms with Gasteiger partial charge in [-0.1, -0.05) is 12.1 Å². The number of nitrogens with one attached hydrogen (secondary N) is 1. The fourth-order valence-corrected chi connectivity index (χ4v) is 3.63. The molecule has 7 heteroatoms. The molecule has 1 N–H and O–H groups in total. The molecule has 156 valence electrons. The average Bonchev–Trinajstić information content (AvgIpc) is 3.16. The normalized spacial score (nSPS) is 10.7. The highest BCUT2D eigenvalue weighted by Gasteiger charge is 2.13. The maximum Gasteiger partial charge on any atom is 0.338 e. The summed E-state index contributed by atoms with van der Waals surface area (Å²) in [5.41, 5.74) is 2.66. The molecule has 0 atom stereocenters. The summed E-state index contributed by atoms with van der Waals surface area (Å²) in [7, 11) is 0. The number of amides is 1. The number of nitrogens with zero attached hydrogens (tertiary/aromatic N) is 1. The Hall–Kier alpha value is -3.19. The van der Waals surface area contributed by atoms with Gasteiger partial charge in [-0.2, -0.15) is 0 Å². The number of esters is 1. The molecule has 3 rings (SSSR count). The number of carbonyl (C=O) groups is 2. The lowest BCUT2D eigenvalue weighted by Gasteiger charge is -2.09. The first kappa shape index (κ1) is 21.5. The lowest BCUT2D eigenvalue weighted by atomic mass is 10.2. The number of rotatable bonds is 8. The minimum Gasteiger partial charge on any atom is -0.493 e. The van der Waals surface area contributed by atoms with Gasteiger partial charge in [-0.05, 0) is 57.2 Å². The number of aromatic nitrogens is 1. The van der Waals surface area contributed by atoms with Gasteiger partial charge in [0.25, 0.3) is 0 Å². The van der Waals surface area contributed by atoms with E-state index in [1.807, 2.05) is 36.6 Å². The zero-order chi connectivity index (χ0) is 21.5. The van der Waals surface area contributed by atoms with Crippen LogP contribution in [0.5, 0.6) is 5.75 Å². The van der Waals surface area contributed by atoms with Gasteiger partial charge in [0, 0.05) is 11.1 Å². The van der Waals surface area contributed by atoms with Gasteiger partial charge in [-0.3, -0.25) is 4.79 Å². The molecule has 0 aliphatic carbocycles. The van der Waals surface area contributed by atoms with Gasteiger partial charge >= 0.3 is 5.97 Å². The van der Waals surface area contributed by atoms with Gasteiger partial charge < -0.3 is 14.8 Å². The van der Waals surface area contributed by atoms with Crippen molar-refractivity contribution in [3.63, 3.8) is 0 Å². The van der Waals surface area contributed by atoms with E-state index in [-0.39, 0.29) is 24.4 Å². The van der Waals surface area contributed by atoms with E-state index in [9.17, 15) is 9.59 Å². The highest BCUT2D eigenvalue weighted by atomic mass is 32.1. The fraction of sp³-hybridized carbons (Fsp3) is 0.261. The van der Waals surface area contributed by atoms with Crippen molar-refractivity contribution in [1.82, 2.24) is 4.98 Å². The SMILES string of the molecule is CCOc1ccccc1-c1nc(CC(=O)Nc2ccc(C(=O)OC(C)C)cc2)cs1. The molecule has 0 saturated carbocycles. The van der Waals surface area contributed by atoms with E-state index in [0.717, 1.165) is 16.3 Å². The second kappa shape index (κ2) is 10.0. The van der Waals surface area contributed by atoms with Crippen molar-refractivity contribution in [1.29, 1.82) is 0 Å². The summed E-state index contributed by atoms with van der Waals surface area (Å²) in [6.45, 7) is 6.11. The second-order valence-electron chi connectivity index (χ2n) is 6.83. The molecule has 0 unspecified atom stereocenters. The zero-order valence-electron chi connectivity index (χ0n) is 17.2. The summed E-state index contributed by atoms with van der Waals surface area (Å²) in [4.78, 5) is 28.9. The third-order valence-electron chi connectivity index (χ3n) is 4.06. The van der Waals surface area contributed by atoms with E-state index in [0.29, 0.717) is 23.6 Å².